The molecule has 5 heteroatoms. The summed E-state index contributed by atoms with van der Waals surface area (Å²) in [5, 5.41) is 2.58. The Bertz CT molecular complexity index is 726. The summed E-state index contributed by atoms with van der Waals surface area (Å²) >= 11 is 0. The minimum absolute atomic E-state index is 0.0176. The first-order valence-electron chi connectivity index (χ1n) is 8.24. The Kier molecular flexibility index (Phi) is 6.57. The molecule has 25 heavy (non-hydrogen) atoms. The molecule has 0 aliphatic rings. The van der Waals surface area contributed by atoms with E-state index in [1.54, 1.807) is 31.1 Å². The summed E-state index contributed by atoms with van der Waals surface area (Å²) < 4.78 is 5.67. The molecule has 132 valence electrons. The van der Waals surface area contributed by atoms with Gasteiger partial charge < -0.3 is 15.0 Å². The summed E-state index contributed by atoms with van der Waals surface area (Å²) in [5.74, 6) is 0.705. The predicted molar refractivity (Wildman–Crippen MR) is 97.6 cm³/mol. The Morgan fingerprint density at radius 3 is 2.40 bits per heavy atom. The average molecular weight is 340 g/mol. The fourth-order valence-corrected chi connectivity index (χ4v) is 2.43. The number of benzene rings is 2. The zero-order valence-corrected chi connectivity index (χ0v) is 14.9. The number of ether oxygens (including phenoxy) is 1. The van der Waals surface area contributed by atoms with E-state index in [2.05, 4.69) is 5.32 Å². The molecule has 2 aromatic rings. The number of amides is 2. The number of nitrogens with one attached hydrogen (secondary N) is 1. The van der Waals surface area contributed by atoms with Gasteiger partial charge in [0.25, 0.3) is 5.91 Å². The number of para-hydroxylation sites is 1. The second-order valence-electron chi connectivity index (χ2n) is 5.89. The number of carbonyl (C=O) groups excluding carboxylic acids is 2. The largest absolute Gasteiger partial charge is 0.493 e. The van der Waals surface area contributed by atoms with Gasteiger partial charge in [0.1, 0.15) is 5.75 Å². The highest BCUT2D eigenvalue weighted by Crippen LogP contribution is 2.16. The van der Waals surface area contributed by atoms with Crippen LogP contribution in [0.5, 0.6) is 5.75 Å². The Morgan fingerprint density at radius 2 is 1.76 bits per heavy atom. The predicted octanol–water partition coefficient (Wildman–Crippen LogP) is 2.78. The van der Waals surface area contributed by atoms with Crippen LogP contribution in [0.1, 0.15) is 27.9 Å². The zero-order valence-electron chi connectivity index (χ0n) is 14.9. The van der Waals surface area contributed by atoms with Gasteiger partial charge in [0.05, 0.1) is 13.0 Å². The molecule has 0 aromatic heterocycles. The van der Waals surface area contributed by atoms with E-state index in [4.69, 9.17) is 4.74 Å². The lowest BCUT2D eigenvalue weighted by molar-refractivity contribution is -0.130. The summed E-state index contributed by atoms with van der Waals surface area (Å²) in [7, 11) is 3.37. The van der Waals surface area contributed by atoms with E-state index in [0.717, 1.165) is 16.9 Å². The van der Waals surface area contributed by atoms with Crippen LogP contribution in [-0.4, -0.2) is 37.4 Å². The maximum absolute atomic E-state index is 12.2. The molecule has 0 saturated carbocycles. The lowest BCUT2D eigenvalue weighted by Crippen LogP contribution is -2.27. The molecule has 0 atom stereocenters. The van der Waals surface area contributed by atoms with E-state index < -0.39 is 0 Å². The smallest absolute Gasteiger partial charge is 0.251 e. The molecular weight excluding hydrogens is 316 g/mol. The van der Waals surface area contributed by atoms with Crippen molar-refractivity contribution >= 4 is 11.8 Å². The van der Waals surface area contributed by atoms with Crippen LogP contribution in [0.15, 0.2) is 48.5 Å². The third-order valence-electron chi connectivity index (χ3n) is 3.96. The number of hydrogen-bond acceptors (Lipinski definition) is 3. The fraction of sp³-hybridized carbons (Fsp3) is 0.300. The summed E-state index contributed by atoms with van der Waals surface area (Å²) in [5.41, 5.74) is 2.63. The van der Waals surface area contributed by atoms with Gasteiger partial charge in [-0.2, -0.15) is 0 Å². The van der Waals surface area contributed by atoms with Crippen molar-refractivity contribution in [3.05, 3.63) is 65.2 Å². The van der Waals surface area contributed by atoms with Gasteiger partial charge in [0.2, 0.25) is 5.91 Å². The molecule has 0 bridgehead atoms. The van der Waals surface area contributed by atoms with Crippen LogP contribution in [0.25, 0.3) is 0 Å². The molecule has 0 heterocycles. The Morgan fingerprint density at radius 1 is 1.08 bits per heavy atom. The van der Waals surface area contributed by atoms with Crippen LogP contribution in [0.2, 0.25) is 0 Å². The Hall–Kier alpha value is -2.82. The van der Waals surface area contributed by atoms with Crippen LogP contribution in [0, 0.1) is 6.92 Å². The normalized spacial score (nSPS) is 10.2. The summed E-state index contributed by atoms with van der Waals surface area (Å²) in [6, 6.07) is 15.0. The topological polar surface area (TPSA) is 58.6 Å². The quantitative estimate of drug-likeness (QED) is 0.843. The van der Waals surface area contributed by atoms with Gasteiger partial charge in [0, 0.05) is 26.2 Å². The molecule has 2 rings (SSSR count). The molecule has 2 aromatic carbocycles. The molecule has 0 aliphatic heterocycles. The monoisotopic (exact) mass is 340 g/mol. The molecule has 0 radical (unpaired) electrons. The Balaban J connectivity index is 1.81. The van der Waals surface area contributed by atoms with Crippen molar-refractivity contribution in [2.45, 2.75) is 19.9 Å². The first-order valence-corrected chi connectivity index (χ1v) is 8.24. The number of nitrogens with zero attached hydrogens (tertiary/aromatic N) is 1. The van der Waals surface area contributed by atoms with Crippen LogP contribution in [0.3, 0.4) is 0 Å². The van der Waals surface area contributed by atoms with Gasteiger partial charge in [-0.25, -0.2) is 0 Å². The molecular formula is C20H24N2O3. The van der Waals surface area contributed by atoms with Crippen LogP contribution >= 0.6 is 0 Å². The van der Waals surface area contributed by atoms with E-state index in [1.807, 2.05) is 43.3 Å². The maximum atomic E-state index is 12.2. The lowest BCUT2D eigenvalue weighted by Gasteiger charge is -2.18. The highest BCUT2D eigenvalue weighted by atomic mass is 16.5. The van der Waals surface area contributed by atoms with E-state index in [-0.39, 0.29) is 11.8 Å². The van der Waals surface area contributed by atoms with E-state index in [1.165, 1.54) is 0 Å². The SMILES string of the molecule is CNC(=O)c1ccc(CN(C)C(=O)CCOc2ccccc2C)cc1. The lowest BCUT2D eigenvalue weighted by atomic mass is 10.1. The van der Waals surface area contributed by atoms with Crippen molar-refractivity contribution in [3.63, 3.8) is 0 Å². The van der Waals surface area contributed by atoms with E-state index in [9.17, 15) is 9.59 Å². The molecule has 0 fully saturated rings. The molecule has 0 spiro atoms. The average Bonchev–Trinajstić information content (AvgIpc) is 2.63. The minimum atomic E-state index is -0.121. The van der Waals surface area contributed by atoms with Crippen LogP contribution in [-0.2, 0) is 11.3 Å². The van der Waals surface area contributed by atoms with Crippen molar-refractivity contribution in [2.75, 3.05) is 20.7 Å². The number of carbonyl (C=O) groups is 2. The third kappa shape index (κ3) is 5.35. The van der Waals surface area contributed by atoms with Crippen molar-refractivity contribution in [2.24, 2.45) is 0 Å². The highest BCUT2D eigenvalue weighted by Gasteiger charge is 2.10. The van der Waals surface area contributed by atoms with Gasteiger partial charge in [-0.15, -0.1) is 0 Å². The summed E-state index contributed by atoms with van der Waals surface area (Å²) in [6.07, 6.45) is 0.321. The maximum Gasteiger partial charge on any atom is 0.251 e. The van der Waals surface area contributed by atoms with Gasteiger partial charge in [-0.3, -0.25) is 9.59 Å². The molecule has 1 N–H and O–H groups in total. The third-order valence-corrected chi connectivity index (χ3v) is 3.96. The second-order valence-corrected chi connectivity index (χ2v) is 5.89. The van der Waals surface area contributed by atoms with Crippen molar-refractivity contribution in [1.82, 2.24) is 10.2 Å². The summed E-state index contributed by atoms with van der Waals surface area (Å²) in [6.45, 7) is 2.83. The summed E-state index contributed by atoms with van der Waals surface area (Å²) in [4.78, 5) is 25.4. The zero-order chi connectivity index (χ0) is 18.2. The standard InChI is InChI=1S/C20H24N2O3/c1-15-6-4-5-7-18(15)25-13-12-19(23)22(3)14-16-8-10-17(11-9-16)20(24)21-2/h4-11H,12-14H2,1-3H3,(H,21,24). The van der Waals surface area contributed by atoms with Gasteiger partial charge >= 0.3 is 0 Å². The molecule has 0 unspecified atom stereocenters. The van der Waals surface area contributed by atoms with E-state index >= 15 is 0 Å². The van der Waals surface area contributed by atoms with Crippen molar-refractivity contribution in [1.29, 1.82) is 0 Å². The number of aryl methyl sites for hydroxylation is 1. The first kappa shape index (κ1) is 18.5. The van der Waals surface area contributed by atoms with Crippen molar-refractivity contribution < 1.29 is 14.3 Å². The van der Waals surface area contributed by atoms with Crippen LogP contribution < -0.4 is 10.1 Å². The van der Waals surface area contributed by atoms with Gasteiger partial charge in [-0.05, 0) is 36.2 Å². The molecule has 2 amide bonds. The van der Waals surface area contributed by atoms with Crippen molar-refractivity contribution in [3.8, 4) is 5.75 Å². The molecule has 0 saturated heterocycles. The van der Waals surface area contributed by atoms with Gasteiger partial charge in [0.15, 0.2) is 0 Å². The second kappa shape index (κ2) is 8.87. The number of rotatable bonds is 7. The number of hydrogen-bond donors (Lipinski definition) is 1. The minimum Gasteiger partial charge on any atom is -0.493 e. The van der Waals surface area contributed by atoms with E-state index in [0.29, 0.717) is 25.1 Å². The highest BCUT2D eigenvalue weighted by molar-refractivity contribution is 5.93. The van der Waals surface area contributed by atoms with Crippen LogP contribution in [0.4, 0.5) is 0 Å². The van der Waals surface area contributed by atoms with Gasteiger partial charge in [-0.1, -0.05) is 30.3 Å². The first-order chi connectivity index (χ1) is 12.0. The molecule has 0 aliphatic carbocycles. The molecule has 5 nitrogen and oxygen atoms in total. The Labute approximate surface area is 148 Å². The fourth-order valence-electron chi connectivity index (χ4n) is 2.43.